The Bertz CT molecular complexity index is 313. The zero-order valence-electron chi connectivity index (χ0n) is 14.0. The number of nitrogens with zero attached hydrogens (tertiary/aromatic N) is 3. The normalized spacial score (nSPS) is 24.3. The van der Waals surface area contributed by atoms with Crippen molar-refractivity contribution in [3.05, 3.63) is 0 Å². The Labute approximate surface area is 147 Å². The van der Waals surface area contributed by atoms with Crippen molar-refractivity contribution in [3.63, 3.8) is 0 Å². The number of rotatable bonds is 4. The van der Waals surface area contributed by atoms with Crippen molar-refractivity contribution in [3.8, 4) is 0 Å². The molecule has 2 saturated heterocycles. The average Bonchev–Trinajstić information content (AvgIpc) is 2.97. The van der Waals surface area contributed by atoms with Gasteiger partial charge in [0.1, 0.15) is 0 Å². The van der Waals surface area contributed by atoms with Gasteiger partial charge in [0.05, 0.1) is 0 Å². The summed E-state index contributed by atoms with van der Waals surface area (Å²) in [5.74, 6) is 1.88. The molecule has 2 aliphatic heterocycles. The van der Waals surface area contributed by atoms with E-state index in [1.807, 2.05) is 0 Å². The zero-order valence-corrected chi connectivity index (χ0v) is 16.3. The third-order valence-corrected chi connectivity index (χ3v) is 4.52. The van der Waals surface area contributed by atoms with Crippen LogP contribution in [0.2, 0.25) is 0 Å². The van der Waals surface area contributed by atoms with Gasteiger partial charge in [-0.25, -0.2) is 0 Å². The van der Waals surface area contributed by atoms with Crippen LogP contribution in [0, 0.1) is 5.92 Å². The average molecular weight is 408 g/mol. The van der Waals surface area contributed by atoms with Crippen molar-refractivity contribution < 1.29 is 0 Å². The third kappa shape index (κ3) is 5.93. The predicted octanol–water partition coefficient (Wildman–Crippen LogP) is 2.79. The van der Waals surface area contributed by atoms with Gasteiger partial charge in [0.2, 0.25) is 0 Å². The molecule has 21 heavy (non-hydrogen) atoms. The molecule has 2 rings (SSSR count). The lowest BCUT2D eigenvalue weighted by Gasteiger charge is -2.35. The molecule has 0 spiro atoms. The summed E-state index contributed by atoms with van der Waals surface area (Å²) >= 11 is 0. The predicted molar refractivity (Wildman–Crippen MR) is 102 cm³/mol. The van der Waals surface area contributed by atoms with Crippen LogP contribution < -0.4 is 5.32 Å². The van der Waals surface area contributed by atoms with Gasteiger partial charge < -0.3 is 15.1 Å². The van der Waals surface area contributed by atoms with Crippen LogP contribution in [0.25, 0.3) is 0 Å². The van der Waals surface area contributed by atoms with Gasteiger partial charge in [-0.1, -0.05) is 0 Å². The number of hydrogen-bond donors (Lipinski definition) is 1. The zero-order chi connectivity index (χ0) is 14.4. The molecule has 0 aromatic heterocycles. The van der Waals surface area contributed by atoms with Gasteiger partial charge in [0.15, 0.2) is 5.96 Å². The second-order valence-corrected chi connectivity index (χ2v) is 6.49. The van der Waals surface area contributed by atoms with E-state index in [2.05, 4.69) is 35.9 Å². The van der Waals surface area contributed by atoms with Crippen molar-refractivity contribution in [2.24, 2.45) is 10.9 Å². The van der Waals surface area contributed by atoms with E-state index in [-0.39, 0.29) is 24.0 Å². The van der Waals surface area contributed by atoms with Crippen molar-refractivity contribution in [1.29, 1.82) is 0 Å². The number of hydrogen-bond acceptors (Lipinski definition) is 2. The maximum atomic E-state index is 4.92. The first-order valence-electron chi connectivity index (χ1n) is 8.48. The number of piperidine rings is 1. The minimum absolute atomic E-state index is 0. The van der Waals surface area contributed by atoms with E-state index in [1.165, 1.54) is 51.9 Å². The van der Waals surface area contributed by atoms with Crippen LogP contribution in [0.1, 0.15) is 46.5 Å². The van der Waals surface area contributed by atoms with Crippen molar-refractivity contribution in [1.82, 2.24) is 15.1 Å². The first-order valence-corrected chi connectivity index (χ1v) is 8.48. The largest absolute Gasteiger partial charge is 0.357 e. The van der Waals surface area contributed by atoms with E-state index in [4.69, 9.17) is 4.99 Å². The van der Waals surface area contributed by atoms with E-state index in [9.17, 15) is 0 Å². The van der Waals surface area contributed by atoms with Crippen LogP contribution in [0.3, 0.4) is 0 Å². The molecule has 0 aromatic carbocycles. The molecule has 124 valence electrons. The Balaban J connectivity index is 0.00000220. The highest BCUT2D eigenvalue weighted by Crippen LogP contribution is 2.19. The Morgan fingerprint density at radius 2 is 1.90 bits per heavy atom. The number of likely N-dealkylation sites (tertiary alicyclic amines) is 2. The van der Waals surface area contributed by atoms with Crippen LogP contribution >= 0.6 is 24.0 Å². The van der Waals surface area contributed by atoms with E-state index in [1.54, 1.807) is 0 Å². The standard InChI is InChI=1S/C16H32N4.HI/c1-4-17-16(19-9-5-6-10-19)18-12-15-8-7-11-20(13-15)14(2)3;/h14-15H,4-13H2,1-3H3,(H,17,18);1H. The Hall–Kier alpha value is -0.0400. The molecule has 1 unspecified atom stereocenters. The number of aliphatic imine (C=N–C) groups is 1. The lowest BCUT2D eigenvalue weighted by atomic mass is 9.97. The summed E-state index contributed by atoms with van der Waals surface area (Å²) in [5, 5.41) is 3.46. The first kappa shape index (κ1) is 19.0. The Kier molecular flexibility index (Phi) is 8.94. The second-order valence-electron chi connectivity index (χ2n) is 6.49. The number of halogens is 1. The van der Waals surface area contributed by atoms with E-state index in [0.717, 1.165) is 25.0 Å². The van der Waals surface area contributed by atoms with Crippen molar-refractivity contribution in [2.75, 3.05) is 39.3 Å². The van der Waals surface area contributed by atoms with E-state index < -0.39 is 0 Å². The van der Waals surface area contributed by atoms with Crippen LogP contribution in [-0.4, -0.2) is 61.1 Å². The van der Waals surface area contributed by atoms with E-state index in [0.29, 0.717) is 6.04 Å². The molecule has 4 nitrogen and oxygen atoms in total. The van der Waals surface area contributed by atoms with Gasteiger partial charge >= 0.3 is 0 Å². The van der Waals surface area contributed by atoms with Crippen LogP contribution in [0.15, 0.2) is 4.99 Å². The highest BCUT2D eigenvalue weighted by Gasteiger charge is 2.22. The minimum atomic E-state index is 0. The summed E-state index contributed by atoms with van der Waals surface area (Å²) in [5.41, 5.74) is 0. The molecule has 2 heterocycles. The highest BCUT2D eigenvalue weighted by molar-refractivity contribution is 14.0. The molecule has 1 atom stereocenters. The monoisotopic (exact) mass is 408 g/mol. The molecule has 2 aliphatic rings. The fourth-order valence-corrected chi connectivity index (χ4v) is 3.29. The quantitative estimate of drug-likeness (QED) is 0.441. The maximum absolute atomic E-state index is 4.92. The number of guanidine groups is 1. The summed E-state index contributed by atoms with van der Waals surface area (Å²) in [6, 6.07) is 0.675. The summed E-state index contributed by atoms with van der Waals surface area (Å²) in [6.07, 6.45) is 5.30. The van der Waals surface area contributed by atoms with Gasteiger partial charge in [0, 0.05) is 38.8 Å². The fraction of sp³-hybridized carbons (Fsp3) is 0.938. The third-order valence-electron chi connectivity index (χ3n) is 4.52. The molecular weight excluding hydrogens is 375 g/mol. The second kappa shape index (κ2) is 9.87. The highest BCUT2D eigenvalue weighted by atomic mass is 127. The van der Waals surface area contributed by atoms with Crippen LogP contribution in [-0.2, 0) is 0 Å². The molecule has 0 aromatic rings. The Morgan fingerprint density at radius 3 is 2.52 bits per heavy atom. The van der Waals surface area contributed by atoms with Crippen LogP contribution in [0.5, 0.6) is 0 Å². The molecule has 0 amide bonds. The van der Waals surface area contributed by atoms with Gasteiger partial charge in [-0.2, -0.15) is 0 Å². The topological polar surface area (TPSA) is 30.9 Å². The molecule has 5 heteroatoms. The Morgan fingerprint density at radius 1 is 1.19 bits per heavy atom. The molecule has 1 N–H and O–H groups in total. The summed E-state index contributed by atoms with van der Waals surface area (Å²) in [7, 11) is 0. The SMILES string of the molecule is CCNC(=NCC1CCCN(C(C)C)C1)N1CCCC1.I. The van der Waals surface area contributed by atoms with Gasteiger partial charge in [0.25, 0.3) is 0 Å². The van der Waals surface area contributed by atoms with Crippen molar-refractivity contribution >= 4 is 29.9 Å². The minimum Gasteiger partial charge on any atom is -0.357 e. The summed E-state index contributed by atoms with van der Waals surface area (Å²) < 4.78 is 0. The van der Waals surface area contributed by atoms with Gasteiger partial charge in [-0.05, 0) is 58.9 Å². The smallest absolute Gasteiger partial charge is 0.193 e. The summed E-state index contributed by atoms with van der Waals surface area (Å²) in [4.78, 5) is 9.94. The maximum Gasteiger partial charge on any atom is 0.193 e. The first-order chi connectivity index (χ1) is 9.70. The van der Waals surface area contributed by atoms with Crippen molar-refractivity contribution in [2.45, 2.75) is 52.5 Å². The molecule has 0 radical (unpaired) electrons. The van der Waals surface area contributed by atoms with Gasteiger partial charge in [-0.15, -0.1) is 24.0 Å². The lowest BCUT2D eigenvalue weighted by Crippen LogP contribution is -2.42. The lowest BCUT2D eigenvalue weighted by molar-refractivity contribution is 0.143. The molecule has 0 bridgehead atoms. The fourth-order valence-electron chi connectivity index (χ4n) is 3.29. The molecule has 0 saturated carbocycles. The van der Waals surface area contributed by atoms with E-state index >= 15 is 0 Å². The molecule has 0 aliphatic carbocycles. The molecule has 2 fully saturated rings. The molecular formula is C16H33IN4. The van der Waals surface area contributed by atoms with Gasteiger partial charge in [-0.3, -0.25) is 4.99 Å². The number of nitrogens with one attached hydrogen (secondary N) is 1. The summed E-state index contributed by atoms with van der Waals surface area (Å²) in [6.45, 7) is 13.6. The van der Waals surface area contributed by atoms with Crippen LogP contribution in [0.4, 0.5) is 0 Å².